The van der Waals surface area contributed by atoms with Crippen molar-refractivity contribution in [1.29, 1.82) is 0 Å². The average molecular weight is 791 g/mol. The molecule has 0 saturated carbocycles. The largest absolute Gasteiger partial charge is 0.480 e. The Morgan fingerprint density at radius 3 is 1.40 bits per heavy atom. The number of benzene rings is 4. The molecule has 1 saturated heterocycles. The Balaban J connectivity index is 1.30. The normalized spacial score (nSPS) is 16.2. The number of carboxylic acids is 1. The number of carboxylic acid groups (broad SMARTS) is 1. The van der Waals surface area contributed by atoms with E-state index in [0.29, 0.717) is 17.5 Å². The van der Waals surface area contributed by atoms with E-state index in [2.05, 4.69) is 21.3 Å². The highest BCUT2D eigenvalue weighted by Gasteiger charge is 2.39. The Labute approximate surface area is 337 Å². The van der Waals surface area contributed by atoms with Crippen molar-refractivity contribution < 1.29 is 39.0 Å². The molecule has 5 amide bonds. The highest BCUT2D eigenvalue weighted by Crippen LogP contribution is 2.20. The molecule has 1 aliphatic heterocycles. The fraction of sp³-hybridized carbons (Fsp3) is 0.318. The second kappa shape index (κ2) is 21.2. The molecule has 14 heteroatoms. The van der Waals surface area contributed by atoms with Crippen LogP contribution in [-0.2, 0) is 54.5 Å². The average Bonchev–Trinajstić information content (AvgIpc) is 3.74. The SMILES string of the molecule is N[C@@H](Cc1ccccc1)C(=O)N[C@@H](Cc1ccccc1)C(=O)N[C@@H](Cc1ccccc1)C(=O)N[C@@H](CO)C(=O)N1CCC[C@H]1C(=O)N[C@@H](Cc1ccccc1)C(=O)O. The number of aliphatic hydroxyl groups is 1. The van der Waals surface area contributed by atoms with Gasteiger partial charge < -0.3 is 42.1 Å². The Kier molecular flexibility index (Phi) is 15.7. The lowest BCUT2D eigenvalue weighted by Gasteiger charge is -2.30. The molecule has 8 N–H and O–H groups in total. The summed E-state index contributed by atoms with van der Waals surface area (Å²) in [5.74, 6) is -4.66. The number of amides is 5. The quantitative estimate of drug-likeness (QED) is 0.0727. The maximum absolute atomic E-state index is 14.1. The number of aliphatic hydroxyl groups excluding tert-OH is 1. The topological polar surface area (TPSA) is 220 Å². The van der Waals surface area contributed by atoms with Crippen molar-refractivity contribution >= 4 is 35.5 Å². The van der Waals surface area contributed by atoms with Crippen molar-refractivity contribution in [3.63, 3.8) is 0 Å². The van der Waals surface area contributed by atoms with E-state index in [1.54, 1.807) is 84.9 Å². The first-order valence-electron chi connectivity index (χ1n) is 19.3. The summed E-state index contributed by atoms with van der Waals surface area (Å²) >= 11 is 0. The highest BCUT2D eigenvalue weighted by atomic mass is 16.4. The summed E-state index contributed by atoms with van der Waals surface area (Å²) in [5.41, 5.74) is 9.24. The summed E-state index contributed by atoms with van der Waals surface area (Å²) in [5, 5.41) is 30.9. The molecule has 0 aliphatic carbocycles. The van der Waals surface area contributed by atoms with Crippen LogP contribution in [0.3, 0.4) is 0 Å². The Bertz CT molecular complexity index is 1990. The van der Waals surface area contributed by atoms with Crippen LogP contribution in [0.25, 0.3) is 0 Å². The molecule has 1 aliphatic rings. The standard InChI is InChI=1S/C44H50N6O8/c45-33(24-29-14-5-1-6-15-29)39(52)46-34(25-30-16-7-2-8-17-30)40(53)47-35(26-31-18-9-3-10-19-31)41(54)49-37(28-51)43(56)50-23-13-22-38(50)42(55)48-36(44(57)58)27-32-20-11-4-12-21-32/h1-12,14-21,33-38,51H,13,22-28,45H2,(H,46,52)(H,47,53)(H,48,55)(H,49,54)(H,57,58)/t33-,34-,35-,36-,37-,38-/m0/s1. The van der Waals surface area contributed by atoms with Gasteiger partial charge in [-0.15, -0.1) is 0 Å². The number of nitrogens with one attached hydrogen (secondary N) is 4. The third-order valence-corrected chi connectivity index (χ3v) is 10.00. The van der Waals surface area contributed by atoms with Crippen LogP contribution < -0.4 is 27.0 Å². The van der Waals surface area contributed by atoms with Gasteiger partial charge in [0, 0.05) is 25.8 Å². The number of likely N-dealkylation sites (tertiary alicyclic amines) is 1. The lowest BCUT2D eigenvalue weighted by Crippen LogP contribution is -2.60. The molecule has 58 heavy (non-hydrogen) atoms. The first kappa shape index (κ1) is 42.8. The van der Waals surface area contributed by atoms with Crippen molar-refractivity contribution in [2.24, 2.45) is 5.73 Å². The highest BCUT2D eigenvalue weighted by molar-refractivity contribution is 5.97. The monoisotopic (exact) mass is 790 g/mol. The van der Waals surface area contributed by atoms with Crippen molar-refractivity contribution in [2.45, 2.75) is 74.8 Å². The maximum atomic E-state index is 14.1. The Morgan fingerprint density at radius 1 is 0.569 bits per heavy atom. The van der Waals surface area contributed by atoms with Crippen molar-refractivity contribution in [1.82, 2.24) is 26.2 Å². The third kappa shape index (κ3) is 12.3. The zero-order valence-corrected chi connectivity index (χ0v) is 32.0. The number of hydrogen-bond acceptors (Lipinski definition) is 8. The van der Waals surface area contributed by atoms with Crippen molar-refractivity contribution in [2.75, 3.05) is 13.2 Å². The number of carbonyl (C=O) groups is 6. The molecular formula is C44H50N6O8. The molecule has 14 nitrogen and oxygen atoms in total. The second-order valence-corrected chi connectivity index (χ2v) is 14.3. The zero-order chi connectivity index (χ0) is 41.4. The van der Waals surface area contributed by atoms with Crippen LogP contribution in [0.5, 0.6) is 0 Å². The minimum absolute atomic E-state index is 0.00296. The van der Waals surface area contributed by atoms with E-state index in [0.717, 1.165) is 11.1 Å². The third-order valence-electron chi connectivity index (χ3n) is 10.00. The first-order valence-corrected chi connectivity index (χ1v) is 19.3. The van der Waals surface area contributed by atoms with E-state index >= 15 is 0 Å². The lowest BCUT2D eigenvalue weighted by molar-refractivity contribution is -0.145. The molecule has 4 aromatic carbocycles. The van der Waals surface area contributed by atoms with Gasteiger partial charge in [0.1, 0.15) is 30.2 Å². The molecule has 0 unspecified atom stereocenters. The van der Waals surface area contributed by atoms with E-state index < -0.39 is 78.4 Å². The number of nitrogens with two attached hydrogens (primary N) is 1. The van der Waals surface area contributed by atoms with Gasteiger partial charge in [-0.05, 0) is 41.5 Å². The molecule has 0 spiro atoms. The van der Waals surface area contributed by atoms with Gasteiger partial charge in [0.25, 0.3) is 0 Å². The van der Waals surface area contributed by atoms with Crippen LogP contribution in [0, 0.1) is 0 Å². The summed E-state index contributed by atoms with van der Waals surface area (Å²) in [4.78, 5) is 82.1. The van der Waals surface area contributed by atoms with E-state index in [4.69, 9.17) is 5.73 Å². The summed E-state index contributed by atoms with van der Waals surface area (Å²) in [6, 6.07) is 28.8. The Hall–Kier alpha value is -6.38. The fourth-order valence-electron chi connectivity index (χ4n) is 6.91. The summed E-state index contributed by atoms with van der Waals surface area (Å²) in [7, 11) is 0. The van der Waals surface area contributed by atoms with Gasteiger partial charge in [0.15, 0.2) is 0 Å². The molecular weight excluding hydrogens is 741 g/mol. The summed E-state index contributed by atoms with van der Waals surface area (Å²) < 4.78 is 0. The summed E-state index contributed by atoms with van der Waals surface area (Å²) in [6.07, 6.45) is 1.02. The van der Waals surface area contributed by atoms with Crippen molar-refractivity contribution in [3.8, 4) is 0 Å². The van der Waals surface area contributed by atoms with Gasteiger partial charge in [0.2, 0.25) is 29.5 Å². The molecule has 0 radical (unpaired) electrons. The molecule has 4 aromatic rings. The molecule has 0 bridgehead atoms. The zero-order valence-electron chi connectivity index (χ0n) is 32.0. The Morgan fingerprint density at radius 2 is 0.966 bits per heavy atom. The van der Waals surface area contributed by atoms with Crippen LogP contribution in [0.1, 0.15) is 35.1 Å². The second-order valence-electron chi connectivity index (χ2n) is 14.3. The molecule has 0 aromatic heterocycles. The molecule has 5 rings (SSSR count). The first-order chi connectivity index (χ1) is 28.0. The van der Waals surface area contributed by atoms with E-state index in [-0.39, 0.29) is 38.6 Å². The van der Waals surface area contributed by atoms with Gasteiger partial charge in [-0.1, -0.05) is 121 Å². The maximum Gasteiger partial charge on any atom is 0.326 e. The molecule has 1 heterocycles. The fourth-order valence-corrected chi connectivity index (χ4v) is 6.91. The number of rotatable bonds is 19. The minimum atomic E-state index is -1.49. The van der Waals surface area contributed by atoms with E-state index in [1.165, 1.54) is 4.90 Å². The number of hydrogen-bond donors (Lipinski definition) is 7. The van der Waals surface area contributed by atoms with Crippen molar-refractivity contribution in [3.05, 3.63) is 144 Å². The molecule has 6 atom stereocenters. The minimum Gasteiger partial charge on any atom is -0.480 e. The van der Waals surface area contributed by atoms with Gasteiger partial charge >= 0.3 is 5.97 Å². The molecule has 1 fully saturated rings. The lowest BCUT2D eigenvalue weighted by atomic mass is 10.0. The van der Waals surface area contributed by atoms with Crippen LogP contribution in [-0.4, -0.2) is 100 Å². The van der Waals surface area contributed by atoms with Crippen LogP contribution in [0.4, 0.5) is 0 Å². The predicted molar refractivity (Wildman–Crippen MR) is 216 cm³/mol. The van der Waals surface area contributed by atoms with Gasteiger partial charge in [0.05, 0.1) is 12.6 Å². The van der Waals surface area contributed by atoms with Crippen LogP contribution in [0.2, 0.25) is 0 Å². The van der Waals surface area contributed by atoms with Gasteiger partial charge in [-0.25, -0.2) is 4.79 Å². The molecule has 304 valence electrons. The number of carbonyl (C=O) groups excluding carboxylic acids is 5. The number of aliphatic carboxylic acids is 1. The smallest absolute Gasteiger partial charge is 0.326 e. The van der Waals surface area contributed by atoms with E-state index in [1.807, 2.05) is 36.4 Å². The number of nitrogens with zero attached hydrogens (tertiary/aromatic N) is 1. The summed E-state index contributed by atoms with van der Waals surface area (Å²) in [6.45, 7) is -0.684. The predicted octanol–water partition coefficient (Wildman–Crippen LogP) is 1.29. The van der Waals surface area contributed by atoms with Gasteiger partial charge in [-0.2, -0.15) is 0 Å². The van der Waals surface area contributed by atoms with E-state index in [9.17, 15) is 39.0 Å². The van der Waals surface area contributed by atoms with Crippen LogP contribution >= 0.6 is 0 Å². The van der Waals surface area contributed by atoms with Crippen LogP contribution in [0.15, 0.2) is 121 Å². The van der Waals surface area contributed by atoms with Gasteiger partial charge in [-0.3, -0.25) is 24.0 Å².